The molecule has 0 saturated heterocycles. The zero-order valence-corrected chi connectivity index (χ0v) is 9.40. The van der Waals surface area contributed by atoms with Crippen molar-refractivity contribution in [2.75, 3.05) is 7.11 Å². The van der Waals surface area contributed by atoms with Gasteiger partial charge in [0, 0.05) is 0 Å². The van der Waals surface area contributed by atoms with Crippen molar-refractivity contribution in [3.05, 3.63) is 35.9 Å². The summed E-state index contributed by atoms with van der Waals surface area (Å²) in [6.45, 7) is 2.08. The van der Waals surface area contributed by atoms with E-state index >= 15 is 0 Å². The average Bonchev–Trinajstić information content (AvgIpc) is 2.29. The molecule has 0 spiro atoms. The fourth-order valence-corrected chi connectivity index (χ4v) is 1.72. The zero-order chi connectivity index (χ0) is 11.1. The van der Waals surface area contributed by atoms with E-state index in [9.17, 15) is 4.79 Å². The highest BCUT2D eigenvalue weighted by Crippen LogP contribution is 2.15. The lowest BCUT2D eigenvalue weighted by Crippen LogP contribution is -2.18. The van der Waals surface area contributed by atoms with Gasteiger partial charge in [-0.1, -0.05) is 43.7 Å². The number of hydrogen-bond donors (Lipinski definition) is 0. The van der Waals surface area contributed by atoms with E-state index in [4.69, 9.17) is 4.74 Å². The van der Waals surface area contributed by atoms with Crippen LogP contribution >= 0.6 is 0 Å². The van der Waals surface area contributed by atoms with Crippen LogP contribution < -0.4 is 0 Å². The predicted octanol–water partition coefficient (Wildman–Crippen LogP) is 2.82. The van der Waals surface area contributed by atoms with E-state index in [0.717, 1.165) is 19.3 Å². The summed E-state index contributed by atoms with van der Waals surface area (Å²) < 4.78 is 4.80. The number of esters is 1. The lowest BCUT2D eigenvalue weighted by molar-refractivity contribution is -0.145. The molecule has 82 valence electrons. The maximum atomic E-state index is 11.5. The first-order valence-electron chi connectivity index (χ1n) is 5.39. The number of hydrogen-bond acceptors (Lipinski definition) is 2. The molecule has 0 fully saturated rings. The van der Waals surface area contributed by atoms with E-state index in [1.807, 2.05) is 30.3 Å². The minimum atomic E-state index is -0.0966. The van der Waals surface area contributed by atoms with Gasteiger partial charge in [0.2, 0.25) is 0 Å². The Labute approximate surface area is 91.3 Å². The molecule has 1 rings (SSSR count). The Morgan fingerprint density at radius 3 is 2.53 bits per heavy atom. The van der Waals surface area contributed by atoms with E-state index in [2.05, 4.69) is 6.92 Å². The molecule has 1 atom stereocenters. The van der Waals surface area contributed by atoms with Crippen LogP contribution in [0.3, 0.4) is 0 Å². The Morgan fingerprint density at radius 1 is 1.33 bits per heavy atom. The van der Waals surface area contributed by atoms with E-state index in [0.29, 0.717) is 0 Å². The summed E-state index contributed by atoms with van der Waals surface area (Å²) in [7, 11) is 1.45. The molecule has 1 aromatic carbocycles. The molecule has 0 N–H and O–H groups in total. The minimum Gasteiger partial charge on any atom is -0.469 e. The van der Waals surface area contributed by atoms with Gasteiger partial charge < -0.3 is 4.74 Å². The SMILES string of the molecule is CCCC(Cc1ccccc1)C(=O)OC. The standard InChI is InChI=1S/C13H18O2/c1-3-7-12(13(14)15-2)10-11-8-5-4-6-9-11/h4-6,8-9,12H,3,7,10H2,1-2H3. The quantitative estimate of drug-likeness (QED) is 0.692. The number of carbonyl (C=O) groups excluding carboxylic acids is 1. The molecule has 1 aromatic rings. The molecule has 1 unspecified atom stereocenters. The van der Waals surface area contributed by atoms with Crippen LogP contribution in [-0.4, -0.2) is 13.1 Å². The maximum Gasteiger partial charge on any atom is 0.308 e. The monoisotopic (exact) mass is 206 g/mol. The summed E-state index contributed by atoms with van der Waals surface area (Å²) in [4.78, 5) is 11.5. The fraction of sp³-hybridized carbons (Fsp3) is 0.462. The number of benzene rings is 1. The molecule has 2 heteroatoms. The molecule has 0 aliphatic carbocycles. The second-order valence-corrected chi connectivity index (χ2v) is 3.70. The number of ether oxygens (including phenoxy) is 1. The van der Waals surface area contributed by atoms with Crippen molar-refractivity contribution in [3.63, 3.8) is 0 Å². The van der Waals surface area contributed by atoms with Crippen LogP contribution in [0.5, 0.6) is 0 Å². The number of methoxy groups -OCH3 is 1. The first kappa shape index (κ1) is 11.8. The molecule has 0 aromatic heterocycles. The molecule has 0 aliphatic rings. The van der Waals surface area contributed by atoms with Gasteiger partial charge in [-0.2, -0.15) is 0 Å². The third-order valence-corrected chi connectivity index (χ3v) is 2.50. The van der Waals surface area contributed by atoms with Gasteiger partial charge in [-0.25, -0.2) is 0 Å². The average molecular weight is 206 g/mol. The van der Waals surface area contributed by atoms with Crippen LogP contribution in [0.1, 0.15) is 25.3 Å². The maximum absolute atomic E-state index is 11.5. The Hall–Kier alpha value is -1.31. The second kappa shape index (κ2) is 6.23. The molecule has 0 bridgehead atoms. The van der Waals surface area contributed by atoms with Gasteiger partial charge in [0.05, 0.1) is 13.0 Å². The van der Waals surface area contributed by atoms with Crippen LogP contribution in [0.15, 0.2) is 30.3 Å². The molecule has 0 saturated carbocycles. The summed E-state index contributed by atoms with van der Waals surface area (Å²) >= 11 is 0. The Morgan fingerprint density at radius 2 is 2.00 bits per heavy atom. The number of carbonyl (C=O) groups is 1. The molecular formula is C13H18O2. The van der Waals surface area contributed by atoms with E-state index in [1.54, 1.807) is 0 Å². The normalized spacial score (nSPS) is 12.1. The second-order valence-electron chi connectivity index (χ2n) is 3.70. The lowest BCUT2D eigenvalue weighted by Gasteiger charge is -2.13. The first-order chi connectivity index (χ1) is 7.27. The van der Waals surface area contributed by atoms with Gasteiger partial charge in [-0.15, -0.1) is 0 Å². The van der Waals surface area contributed by atoms with Gasteiger partial charge in [0.1, 0.15) is 0 Å². The molecule has 0 heterocycles. The van der Waals surface area contributed by atoms with Gasteiger partial charge in [-0.3, -0.25) is 4.79 Å². The summed E-state index contributed by atoms with van der Waals surface area (Å²) in [6, 6.07) is 10.1. The summed E-state index contributed by atoms with van der Waals surface area (Å²) in [6.07, 6.45) is 2.68. The van der Waals surface area contributed by atoms with Crippen LogP contribution in [0, 0.1) is 5.92 Å². The molecule has 0 amide bonds. The van der Waals surface area contributed by atoms with Crippen LogP contribution in [0.25, 0.3) is 0 Å². The molecule has 2 nitrogen and oxygen atoms in total. The Kier molecular flexibility index (Phi) is 4.88. The van der Waals surface area contributed by atoms with E-state index in [-0.39, 0.29) is 11.9 Å². The van der Waals surface area contributed by atoms with Gasteiger partial charge in [0.15, 0.2) is 0 Å². The summed E-state index contributed by atoms with van der Waals surface area (Å²) in [5.74, 6) is -0.0943. The van der Waals surface area contributed by atoms with Crippen LogP contribution in [0.4, 0.5) is 0 Å². The lowest BCUT2D eigenvalue weighted by atomic mass is 9.95. The first-order valence-corrected chi connectivity index (χ1v) is 5.39. The third kappa shape index (κ3) is 3.74. The highest BCUT2D eigenvalue weighted by atomic mass is 16.5. The van der Waals surface area contributed by atoms with Crippen molar-refractivity contribution >= 4 is 5.97 Å². The van der Waals surface area contributed by atoms with E-state index < -0.39 is 0 Å². The smallest absolute Gasteiger partial charge is 0.308 e. The largest absolute Gasteiger partial charge is 0.469 e. The molecule has 0 aliphatic heterocycles. The van der Waals surface area contributed by atoms with Gasteiger partial charge in [-0.05, 0) is 18.4 Å². The highest BCUT2D eigenvalue weighted by molar-refractivity contribution is 5.72. The zero-order valence-electron chi connectivity index (χ0n) is 9.40. The summed E-state index contributed by atoms with van der Waals surface area (Å²) in [5, 5.41) is 0. The third-order valence-electron chi connectivity index (χ3n) is 2.50. The molecule has 0 radical (unpaired) electrons. The summed E-state index contributed by atoms with van der Waals surface area (Å²) in [5.41, 5.74) is 1.20. The Bertz CT molecular complexity index is 293. The van der Waals surface area contributed by atoms with Crippen molar-refractivity contribution in [2.45, 2.75) is 26.2 Å². The predicted molar refractivity (Wildman–Crippen MR) is 60.6 cm³/mol. The van der Waals surface area contributed by atoms with Crippen molar-refractivity contribution in [3.8, 4) is 0 Å². The number of rotatable bonds is 5. The van der Waals surface area contributed by atoms with Gasteiger partial charge in [0.25, 0.3) is 0 Å². The van der Waals surface area contributed by atoms with Crippen molar-refractivity contribution < 1.29 is 9.53 Å². The van der Waals surface area contributed by atoms with Crippen LogP contribution in [0.2, 0.25) is 0 Å². The highest BCUT2D eigenvalue weighted by Gasteiger charge is 2.18. The topological polar surface area (TPSA) is 26.3 Å². The van der Waals surface area contributed by atoms with Gasteiger partial charge >= 0.3 is 5.97 Å². The van der Waals surface area contributed by atoms with E-state index in [1.165, 1.54) is 12.7 Å². The van der Waals surface area contributed by atoms with Crippen LogP contribution in [-0.2, 0) is 16.0 Å². The molecular weight excluding hydrogens is 188 g/mol. The fourth-order valence-electron chi connectivity index (χ4n) is 1.72. The van der Waals surface area contributed by atoms with Crippen molar-refractivity contribution in [1.82, 2.24) is 0 Å². The minimum absolute atomic E-state index is 0.00222. The van der Waals surface area contributed by atoms with Crippen molar-refractivity contribution in [2.24, 2.45) is 5.92 Å². The molecule has 15 heavy (non-hydrogen) atoms. The Balaban J connectivity index is 2.62. The van der Waals surface area contributed by atoms with Crippen molar-refractivity contribution in [1.29, 1.82) is 0 Å².